The molecule has 1 aromatic heterocycles. The number of ketones is 1. The van der Waals surface area contributed by atoms with Gasteiger partial charge in [-0.25, -0.2) is 0 Å². The minimum atomic E-state index is -0.297. The van der Waals surface area contributed by atoms with Crippen LogP contribution in [0.5, 0.6) is 0 Å². The summed E-state index contributed by atoms with van der Waals surface area (Å²) in [5.74, 6) is -0.361. The number of carbonyl (C=O) groups is 2. The highest BCUT2D eigenvalue weighted by molar-refractivity contribution is 7.07. The molecule has 0 fully saturated rings. The van der Waals surface area contributed by atoms with Gasteiger partial charge in [-0.2, -0.15) is 0 Å². The Kier molecular flexibility index (Phi) is 4.14. The first-order chi connectivity index (χ1) is 9.47. The van der Waals surface area contributed by atoms with Crippen LogP contribution in [0, 0.1) is 6.92 Å². The fraction of sp³-hybridized carbons (Fsp3) is 0.214. The lowest BCUT2D eigenvalue weighted by Crippen LogP contribution is -2.25. The van der Waals surface area contributed by atoms with Crippen molar-refractivity contribution in [1.29, 1.82) is 0 Å². The number of carbonyl (C=O) groups excluding carboxylic acids is 2. The molecular weight excluding hydrogens is 276 g/mol. The molecule has 0 saturated carbocycles. The van der Waals surface area contributed by atoms with E-state index in [0.717, 1.165) is 17.0 Å². The number of rotatable bonds is 4. The Bertz CT molecular complexity index is 715. The standard InChI is InChI=1S/C14H14N2O3S/c1-9-8-20-14(19)16(9)7-13(18)15-12-5-3-4-11(6-12)10(2)17/h3-6,8H,7H2,1-2H3,(H,15,18). The fourth-order valence-electron chi connectivity index (χ4n) is 1.76. The molecule has 0 aliphatic carbocycles. The summed E-state index contributed by atoms with van der Waals surface area (Å²) in [6, 6.07) is 6.71. The summed E-state index contributed by atoms with van der Waals surface area (Å²) in [6.45, 7) is 3.22. The monoisotopic (exact) mass is 290 g/mol. The second kappa shape index (κ2) is 5.83. The molecule has 0 atom stereocenters. The first kappa shape index (κ1) is 14.2. The molecule has 0 unspecified atom stereocenters. The van der Waals surface area contributed by atoms with E-state index in [9.17, 15) is 14.4 Å². The van der Waals surface area contributed by atoms with Gasteiger partial charge >= 0.3 is 4.87 Å². The summed E-state index contributed by atoms with van der Waals surface area (Å²) in [4.78, 5) is 34.6. The number of aryl methyl sites for hydroxylation is 1. The first-order valence-electron chi connectivity index (χ1n) is 6.03. The predicted octanol–water partition coefficient (Wildman–Crippen LogP) is 2.06. The Labute approximate surface area is 119 Å². The van der Waals surface area contributed by atoms with Gasteiger partial charge in [0.15, 0.2) is 5.78 Å². The third-order valence-electron chi connectivity index (χ3n) is 2.83. The number of nitrogens with one attached hydrogen (secondary N) is 1. The number of aromatic nitrogens is 1. The van der Waals surface area contributed by atoms with Gasteiger partial charge in [0.25, 0.3) is 0 Å². The largest absolute Gasteiger partial charge is 0.325 e. The van der Waals surface area contributed by atoms with Gasteiger partial charge < -0.3 is 5.32 Å². The van der Waals surface area contributed by atoms with Gasteiger partial charge in [-0.3, -0.25) is 19.0 Å². The zero-order valence-corrected chi connectivity index (χ0v) is 12.0. The number of anilines is 1. The zero-order chi connectivity index (χ0) is 14.7. The maximum Gasteiger partial charge on any atom is 0.307 e. The Balaban J connectivity index is 2.11. The van der Waals surface area contributed by atoms with Gasteiger partial charge in [0.05, 0.1) is 0 Å². The van der Waals surface area contributed by atoms with Crippen LogP contribution in [0.3, 0.4) is 0 Å². The Hall–Kier alpha value is -2.21. The van der Waals surface area contributed by atoms with Gasteiger partial charge in [-0.05, 0) is 26.0 Å². The molecule has 1 heterocycles. The number of Topliss-reactive ketones (excluding diaryl/α,β-unsaturated/α-hetero) is 1. The number of benzene rings is 1. The van der Waals surface area contributed by atoms with E-state index in [2.05, 4.69) is 5.32 Å². The molecule has 104 valence electrons. The number of hydrogen-bond acceptors (Lipinski definition) is 4. The maximum atomic E-state index is 11.9. The van der Waals surface area contributed by atoms with E-state index in [1.54, 1.807) is 36.6 Å². The summed E-state index contributed by atoms with van der Waals surface area (Å²) in [7, 11) is 0. The summed E-state index contributed by atoms with van der Waals surface area (Å²) in [6.07, 6.45) is 0. The molecule has 2 aromatic rings. The third kappa shape index (κ3) is 3.21. The minimum Gasteiger partial charge on any atom is -0.325 e. The van der Waals surface area contributed by atoms with Crippen LogP contribution >= 0.6 is 11.3 Å². The molecule has 1 amide bonds. The number of hydrogen-bond donors (Lipinski definition) is 1. The molecule has 0 spiro atoms. The summed E-state index contributed by atoms with van der Waals surface area (Å²) >= 11 is 1.07. The van der Waals surface area contributed by atoms with Crippen molar-refractivity contribution >= 4 is 28.7 Å². The van der Waals surface area contributed by atoms with Crippen molar-refractivity contribution in [1.82, 2.24) is 4.57 Å². The van der Waals surface area contributed by atoms with E-state index in [4.69, 9.17) is 0 Å². The Morgan fingerprint density at radius 1 is 1.35 bits per heavy atom. The number of amides is 1. The van der Waals surface area contributed by atoms with Crippen molar-refractivity contribution < 1.29 is 9.59 Å². The molecule has 0 aliphatic heterocycles. The molecule has 20 heavy (non-hydrogen) atoms. The van der Waals surface area contributed by atoms with Crippen LogP contribution < -0.4 is 10.2 Å². The number of nitrogens with zero attached hydrogens (tertiary/aromatic N) is 1. The van der Waals surface area contributed by atoms with Crippen LogP contribution in [-0.2, 0) is 11.3 Å². The van der Waals surface area contributed by atoms with Crippen LogP contribution in [0.1, 0.15) is 23.0 Å². The highest BCUT2D eigenvalue weighted by atomic mass is 32.1. The van der Waals surface area contributed by atoms with Crippen LogP contribution in [0.25, 0.3) is 0 Å². The van der Waals surface area contributed by atoms with Crippen molar-refractivity contribution in [3.05, 3.63) is 50.6 Å². The molecule has 0 radical (unpaired) electrons. The van der Waals surface area contributed by atoms with E-state index in [-0.39, 0.29) is 23.1 Å². The van der Waals surface area contributed by atoms with Crippen molar-refractivity contribution in [2.75, 3.05) is 5.32 Å². The lowest BCUT2D eigenvalue weighted by atomic mass is 10.1. The summed E-state index contributed by atoms with van der Waals surface area (Å²) in [5, 5.41) is 4.40. The minimum absolute atomic E-state index is 0.0293. The van der Waals surface area contributed by atoms with Crippen molar-refractivity contribution in [3.63, 3.8) is 0 Å². The second-order valence-electron chi connectivity index (χ2n) is 4.41. The lowest BCUT2D eigenvalue weighted by molar-refractivity contribution is -0.116. The van der Waals surface area contributed by atoms with Gasteiger partial charge in [-0.15, -0.1) is 0 Å². The van der Waals surface area contributed by atoms with Gasteiger partial charge in [0.1, 0.15) is 6.54 Å². The summed E-state index contributed by atoms with van der Waals surface area (Å²) < 4.78 is 1.41. The number of thiazole rings is 1. The lowest BCUT2D eigenvalue weighted by Gasteiger charge is -2.07. The van der Waals surface area contributed by atoms with Gasteiger partial charge in [0, 0.05) is 22.3 Å². The predicted molar refractivity (Wildman–Crippen MR) is 78.4 cm³/mol. The van der Waals surface area contributed by atoms with E-state index in [1.165, 1.54) is 11.5 Å². The van der Waals surface area contributed by atoms with E-state index in [0.29, 0.717) is 11.3 Å². The molecule has 1 N–H and O–H groups in total. The molecule has 0 aliphatic rings. The van der Waals surface area contributed by atoms with E-state index in [1.807, 2.05) is 0 Å². The SMILES string of the molecule is CC(=O)c1cccc(NC(=O)Cn2c(C)csc2=O)c1. The van der Waals surface area contributed by atoms with Crippen molar-refractivity contribution in [2.45, 2.75) is 20.4 Å². The zero-order valence-electron chi connectivity index (χ0n) is 11.2. The molecule has 5 nitrogen and oxygen atoms in total. The van der Waals surface area contributed by atoms with E-state index >= 15 is 0 Å². The molecular formula is C14H14N2O3S. The van der Waals surface area contributed by atoms with Crippen molar-refractivity contribution in [3.8, 4) is 0 Å². The average molecular weight is 290 g/mol. The molecule has 0 bridgehead atoms. The van der Waals surface area contributed by atoms with Crippen LogP contribution in [0.2, 0.25) is 0 Å². The van der Waals surface area contributed by atoms with Crippen LogP contribution in [0.4, 0.5) is 5.69 Å². The molecule has 0 saturated heterocycles. The quantitative estimate of drug-likeness (QED) is 0.876. The van der Waals surface area contributed by atoms with Crippen LogP contribution in [-0.4, -0.2) is 16.3 Å². The normalized spacial score (nSPS) is 10.3. The van der Waals surface area contributed by atoms with E-state index < -0.39 is 0 Å². The third-order valence-corrected chi connectivity index (χ3v) is 3.71. The highest BCUT2D eigenvalue weighted by Gasteiger charge is 2.09. The van der Waals surface area contributed by atoms with Gasteiger partial charge in [-0.1, -0.05) is 23.5 Å². The Morgan fingerprint density at radius 2 is 2.10 bits per heavy atom. The molecule has 2 rings (SSSR count). The van der Waals surface area contributed by atoms with Gasteiger partial charge in [0.2, 0.25) is 5.91 Å². The van der Waals surface area contributed by atoms with Crippen LogP contribution in [0.15, 0.2) is 34.4 Å². The Morgan fingerprint density at radius 3 is 2.70 bits per heavy atom. The average Bonchev–Trinajstić information content (AvgIpc) is 2.71. The summed E-state index contributed by atoms with van der Waals surface area (Å²) in [5.41, 5.74) is 1.84. The highest BCUT2D eigenvalue weighted by Crippen LogP contribution is 2.11. The smallest absolute Gasteiger partial charge is 0.307 e. The maximum absolute atomic E-state index is 11.9. The second-order valence-corrected chi connectivity index (χ2v) is 5.23. The first-order valence-corrected chi connectivity index (χ1v) is 6.91. The molecule has 6 heteroatoms. The molecule has 1 aromatic carbocycles. The topological polar surface area (TPSA) is 68.2 Å². The fourth-order valence-corrected chi connectivity index (χ4v) is 2.49. The van der Waals surface area contributed by atoms with Crippen molar-refractivity contribution in [2.24, 2.45) is 0 Å².